The molecule has 0 radical (unpaired) electrons. The van der Waals surface area contributed by atoms with E-state index >= 15 is 0 Å². The van der Waals surface area contributed by atoms with E-state index in [4.69, 9.17) is 0 Å². The second-order valence-corrected chi connectivity index (χ2v) is 3.88. The molecule has 4 heteroatoms. The van der Waals surface area contributed by atoms with E-state index in [2.05, 4.69) is 10.6 Å². The van der Waals surface area contributed by atoms with Crippen molar-refractivity contribution in [3.05, 3.63) is 0 Å². The number of ketones is 1. The maximum absolute atomic E-state index is 11.1. The van der Waals surface area contributed by atoms with Gasteiger partial charge in [0.1, 0.15) is 5.78 Å². The monoisotopic (exact) mass is 198 g/mol. The van der Waals surface area contributed by atoms with E-state index in [1.54, 1.807) is 14.0 Å². The largest absolute Gasteiger partial charge is 0.341 e. The average Bonchev–Trinajstić information content (AvgIpc) is 2.18. The number of carbonyl (C=O) groups is 2. The highest BCUT2D eigenvalue weighted by molar-refractivity contribution is 5.78. The zero-order valence-electron chi connectivity index (χ0n) is 8.80. The molecule has 0 aliphatic heterocycles. The van der Waals surface area contributed by atoms with E-state index < -0.39 is 0 Å². The van der Waals surface area contributed by atoms with Gasteiger partial charge in [0.2, 0.25) is 0 Å². The average molecular weight is 198 g/mol. The predicted octanol–water partition coefficient (Wildman–Crippen LogP) is 1.06. The second-order valence-electron chi connectivity index (χ2n) is 3.88. The normalized spacial score (nSPS) is 26.7. The lowest BCUT2D eigenvalue weighted by atomic mass is 9.84. The Morgan fingerprint density at radius 1 is 1.14 bits per heavy atom. The van der Waals surface area contributed by atoms with E-state index in [1.807, 2.05) is 0 Å². The van der Waals surface area contributed by atoms with Crippen molar-refractivity contribution >= 4 is 11.8 Å². The molecule has 0 aromatic rings. The zero-order valence-corrected chi connectivity index (χ0v) is 8.80. The zero-order chi connectivity index (χ0) is 10.6. The molecule has 1 saturated carbocycles. The highest BCUT2D eigenvalue weighted by Crippen LogP contribution is 2.24. The van der Waals surface area contributed by atoms with Gasteiger partial charge >= 0.3 is 6.03 Å². The van der Waals surface area contributed by atoms with Crippen LogP contribution in [0.2, 0.25) is 0 Å². The number of hydrogen-bond donors (Lipinski definition) is 2. The molecule has 14 heavy (non-hydrogen) atoms. The molecule has 1 fully saturated rings. The summed E-state index contributed by atoms with van der Waals surface area (Å²) in [6, 6.07) is 0.113. The van der Waals surface area contributed by atoms with Crippen LogP contribution < -0.4 is 10.6 Å². The summed E-state index contributed by atoms with van der Waals surface area (Å²) in [7, 11) is 1.61. The summed E-state index contributed by atoms with van der Waals surface area (Å²) in [5, 5.41) is 5.40. The Morgan fingerprint density at radius 3 is 2.14 bits per heavy atom. The van der Waals surface area contributed by atoms with Gasteiger partial charge in [-0.3, -0.25) is 4.79 Å². The number of hydrogen-bond acceptors (Lipinski definition) is 2. The molecule has 0 aromatic heterocycles. The van der Waals surface area contributed by atoms with Gasteiger partial charge in [0.15, 0.2) is 0 Å². The summed E-state index contributed by atoms with van der Waals surface area (Å²) in [5.41, 5.74) is 0. The standard InChI is InChI=1S/C10H18N2O2/c1-7(13)8-3-5-9(6-4-8)12-10(14)11-2/h8-9H,3-6H2,1-2H3,(H2,11,12,14). The highest BCUT2D eigenvalue weighted by Gasteiger charge is 2.24. The molecule has 1 rings (SSSR count). The lowest BCUT2D eigenvalue weighted by Gasteiger charge is -2.27. The third-order valence-electron chi connectivity index (χ3n) is 2.86. The number of Topliss-reactive ketones (excluding diaryl/α,β-unsaturated/α-hetero) is 1. The van der Waals surface area contributed by atoms with Crippen molar-refractivity contribution < 1.29 is 9.59 Å². The minimum Gasteiger partial charge on any atom is -0.341 e. The lowest BCUT2D eigenvalue weighted by molar-refractivity contribution is -0.121. The van der Waals surface area contributed by atoms with Gasteiger partial charge in [0, 0.05) is 19.0 Å². The first kappa shape index (κ1) is 11.0. The fourth-order valence-corrected chi connectivity index (χ4v) is 1.90. The van der Waals surface area contributed by atoms with Crippen LogP contribution in [0.1, 0.15) is 32.6 Å². The van der Waals surface area contributed by atoms with E-state index in [-0.39, 0.29) is 23.8 Å². The Balaban J connectivity index is 2.29. The number of rotatable bonds is 2. The van der Waals surface area contributed by atoms with Crippen molar-refractivity contribution in [1.29, 1.82) is 0 Å². The molecule has 0 unspecified atom stereocenters. The summed E-state index contributed by atoms with van der Waals surface area (Å²) in [6.07, 6.45) is 3.64. The van der Waals surface area contributed by atoms with Crippen LogP contribution in [0.15, 0.2) is 0 Å². The topological polar surface area (TPSA) is 58.2 Å². The molecular weight excluding hydrogens is 180 g/mol. The number of amides is 2. The van der Waals surface area contributed by atoms with Gasteiger partial charge in [-0.05, 0) is 32.6 Å². The third kappa shape index (κ3) is 3.01. The van der Waals surface area contributed by atoms with Crippen molar-refractivity contribution in [3.8, 4) is 0 Å². The predicted molar refractivity (Wildman–Crippen MR) is 54.0 cm³/mol. The quantitative estimate of drug-likeness (QED) is 0.697. The smallest absolute Gasteiger partial charge is 0.314 e. The van der Waals surface area contributed by atoms with Crippen LogP contribution in [-0.2, 0) is 4.79 Å². The van der Waals surface area contributed by atoms with Crippen LogP contribution in [0.3, 0.4) is 0 Å². The molecule has 2 N–H and O–H groups in total. The number of nitrogens with one attached hydrogen (secondary N) is 2. The van der Waals surface area contributed by atoms with Crippen molar-refractivity contribution in [1.82, 2.24) is 10.6 Å². The van der Waals surface area contributed by atoms with Crippen LogP contribution in [0, 0.1) is 5.92 Å². The van der Waals surface area contributed by atoms with Gasteiger partial charge < -0.3 is 10.6 Å². The molecule has 1 aliphatic rings. The molecule has 0 aromatic carbocycles. The summed E-state index contributed by atoms with van der Waals surface area (Å²) >= 11 is 0. The number of urea groups is 1. The first-order valence-electron chi connectivity index (χ1n) is 5.12. The van der Waals surface area contributed by atoms with Crippen molar-refractivity contribution in [2.45, 2.75) is 38.6 Å². The van der Waals surface area contributed by atoms with Gasteiger partial charge in [0.25, 0.3) is 0 Å². The van der Waals surface area contributed by atoms with Crippen LogP contribution in [0.5, 0.6) is 0 Å². The summed E-state index contributed by atoms with van der Waals surface area (Å²) in [6.45, 7) is 1.65. The molecule has 0 saturated heterocycles. The van der Waals surface area contributed by atoms with Gasteiger partial charge in [-0.2, -0.15) is 0 Å². The van der Waals surface area contributed by atoms with Gasteiger partial charge in [0.05, 0.1) is 0 Å². The van der Waals surface area contributed by atoms with E-state index in [0.29, 0.717) is 0 Å². The van der Waals surface area contributed by atoms with Crippen LogP contribution in [-0.4, -0.2) is 24.9 Å². The Morgan fingerprint density at radius 2 is 1.71 bits per heavy atom. The van der Waals surface area contributed by atoms with Crippen molar-refractivity contribution in [2.75, 3.05) is 7.05 Å². The third-order valence-corrected chi connectivity index (χ3v) is 2.86. The van der Waals surface area contributed by atoms with E-state index in [0.717, 1.165) is 25.7 Å². The molecule has 4 nitrogen and oxygen atoms in total. The summed E-state index contributed by atoms with van der Waals surface area (Å²) in [4.78, 5) is 22.1. The molecule has 0 bridgehead atoms. The fourth-order valence-electron chi connectivity index (χ4n) is 1.90. The first-order chi connectivity index (χ1) is 6.63. The molecule has 2 amide bonds. The minimum absolute atomic E-state index is 0.128. The fraction of sp³-hybridized carbons (Fsp3) is 0.800. The van der Waals surface area contributed by atoms with Gasteiger partial charge in [-0.1, -0.05) is 0 Å². The molecule has 1 aliphatic carbocycles. The summed E-state index contributed by atoms with van der Waals surface area (Å²) in [5.74, 6) is 0.501. The van der Waals surface area contributed by atoms with Crippen LogP contribution in [0.25, 0.3) is 0 Å². The Hall–Kier alpha value is -1.06. The van der Waals surface area contributed by atoms with Crippen molar-refractivity contribution in [2.24, 2.45) is 5.92 Å². The van der Waals surface area contributed by atoms with E-state index in [9.17, 15) is 9.59 Å². The summed E-state index contributed by atoms with van der Waals surface area (Å²) < 4.78 is 0. The Kier molecular flexibility index (Phi) is 3.92. The SMILES string of the molecule is CNC(=O)NC1CCC(C(C)=O)CC1. The van der Waals surface area contributed by atoms with Crippen molar-refractivity contribution in [3.63, 3.8) is 0 Å². The van der Waals surface area contributed by atoms with E-state index in [1.165, 1.54) is 0 Å². The van der Waals surface area contributed by atoms with Crippen LogP contribution >= 0.6 is 0 Å². The minimum atomic E-state index is -0.128. The molecule has 0 heterocycles. The highest BCUT2D eigenvalue weighted by atomic mass is 16.2. The Bertz CT molecular complexity index is 220. The molecular formula is C10H18N2O2. The molecule has 80 valence electrons. The molecule has 0 atom stereocenters. The maximum atomic E-state index is 11.1. The Labute approximate surface area is 84.4 Å². The number of carbonyl (C=O) groups excluding carboxylic acids is 2. The first-order valence-corrected chi connectivity index (χ1v) is 5.12. The lowest BCUT2D eigenvalue weighted by Crippen LogP contribution is -2.42. The molecule has 0 spiro atoms. The van der Waals surface area contributed by atoms with Gasteiger partial charge in [-0.25, -0.2) is 4.79 Å². The maximum Gasteiger partial charge on any atom is 0.314 e. The van der Waals surface area contributed by atoms with Gasteiger partial charge in [-0.15, -0.1) is 0 Å². The van der Waals surface area contributed by atoms with Crippen LogP contribution in [0.4, 0.5) is 4.79 Å². The second kappa shape index (κ2) is 4.98.